The van der Waals surface area contributed by atoms with Crippen LogP contribution in [-0.2, 0) is 9.53 Å². The average Bonchev–Trinajstić information content (AvgIpc) is 3.32. The van der Waals surface area contributed by atoms with Crippen LogP contribution in [0.2, 0.25) is 0 Å². The summed E-state index contributed by atoms with van der Waals surface area (Å²) in [5, 5.41) is 7.00. The van der Waals surface area contributed by atoms with E-state index in [0.717, 1.165) is 53.5 Å². The van der Waals surface area contributed by atoms with Crippen LogP contribution in [0.3, 0.4) is 0 Å². The number of carbonyl (C=O) groups is 1. The minimum atomic E-state index is -0.0685. The van der Waals surface area contributed by atoms with Crippen molar-refractivity contribution in [3.63, 3.8) is 0 Å². The van der Waals surface area contributed by atoms with Gasteiger partial charge < -0.3 is 20.7 Å². The molecule has 2 aromatic heterocycles. The molecule has 0 atom stereocenters. The van der Waals surface area contributed by atoms with Gasteiger partial charge in [0.15, 0.2) is 5.65 Å². The Morgan fingerprint density at radius 1 is 1.38 bits per heavy atom. The number of nitrogens with zero attached hydrogens (tertiary/aromatic N) is 5. The number of ether oxygens (including phenoxy) is 1. The number of hydrogen-bond donors (Lipinski definition) is 2. The fourth-order valence-corrected chi connectivity index (χ4v) is 4.61. The zero-order chi connectivity index (χ0) is 28.4. The number of carbonyl (C=O) groups excluding carboxylic acids is 1. The lowest BCUT2D eigenvalue weighted by molar-refractivity contribution is -0.109. The van der Waals surface area contributed by atoms with Crippen molar-refractivity contribution in [1.82, 2.24) is 24.8 Å². The summed E-state index contributed by atoms with van der Waals surface area (Å²) in [7, 11) is 1.73. The fourth-order valence-electron chi connectivity index (χ4n) is 4.06. The third-order valence-corrected chi connectivity index (χ3v) is 7.53. The second kappa shape index (κ2) is 14.1. The van der Waals surface area contributed by atoms with Gasteiger partial charge in [-0.15, -0.1) is 11.8 Å². The zero-order valence-electron chi connectivity index (χ0n) is 23.1. The van der Waals surface area contributed by atoms with Crippen LogP contribution < -0.4 is 11.1 Å². The number of nitrogens with one attached hydrogen (secondary N) is 1. The number of methoxy groups -OCH3 is 1. The highest BCUT2D eigenvalue weighted by Crippen LogP contribution is 2.28. The molecule has 0 bridgehead atoms. The molecule has 208 valence electrons. The Bertz CT molecular complexity index is 1280. The minimum Gasteiger partial charge on any atom is -0.378 e. The molecule has 39 heavy (non-hydrogen) atoms. The molecule has 1 saturated carbocycles. The molecule has 3 heterocycles. The maximum Gasteiger partial charge on any atom is 0.207 e. The first-order valence-corrected chi connectivity index (χ1v) is 14.0. The predicted molar refractivity (Wildman–Crippen MR) is 162 cm³/mol. The molecule has 1 aliphatic heterocycles. The predicted octanol–water partition coefficient (Wildman–Crippen LogP) is 4.07. The smallest absolute Gasteiger partial charge is 0.207 e. The fraction of sp³-hybridized carbons (Fsp3) is 0.379. The molecular weight excluding hydrogens is 510 g/mol. The number of thioether (sulfide) groups is 1. The number of aliphatic imine (C=N–C) groups is 1. The van der Waals surface area contributed by atoms with Gasteiger partial charge in [-0.05, 0) is 56.2 Å². The minimum absolute atomic E-state index is 0.0685. The van der Waals surface area contributed by atoms with Crippen molar-refractivity contribution < 1.29 is 9.53 Å². The maximum absolute atomic E-state index is 9.82. The summed E-state index contributed by atoms with van der Waals surface area (Å²) in [6.45, 7) is 16.1. The molecule has 3 N–H and O–H groups in total. The van der Waals surface area contributed by atoms with Gasteiger partial charge in [-0.2, -0.15) is 5.10 Å². The number of aromatic nitrogens is 3. The van der Waals surface area contributed by atoms with Crippen molar-refractivity contribution in [2.45, 2.75) is 37.8 Å². The first kappa shape index (κ1) is 30.1. The molecular formula is C29H39N7O2S. The summed E-state index contributed by atoms with van der Waals surface area (Å²) in [5.41, 5.74) is 9.71. The normalized spacial score (nSPS) is 17.4. The van der Waals surface area contributed by atoms with Crippen LogP contribution in [-0.4, -0.2) is 76.4 Å². The SMILES string of the molecule is C=C/C=C(\SC)c1ccn2ncc(C(=C)N=C(/C=C(/C)C=C)N3CC(OC)C3)c2n1.NC1(CNC=O)CCC1. The molecule has 2 aromatic rings. The van der Waals surface area contributed by atoms with E-state index in [1.807, 2.05) is 43.7 Å². The van der Waals surface area contributed by atoms with Crippen LogP contribution >= 0.6 is 11.8 Å². The zero-order valence-corrected chi connectivity index (χ0v) is 23.9. The van der Waals surface area contributed by atoms with Crippen molar-refractivity contribution >= 4 is 40.3 Å². The van der Waals surface area contributed by atoms with E-state index >= 15 is 0 Å². The molecule has 2 aliphatic rings. The molecule has 4 rings (SSSR count). The van der Waals surface area contributed by atoms with Crippen LogP contribution in [0, 0.1) is 0 Å². The number of allylic oxidation sites excluding steroid dienone is 4. The van der Waals surface area contributed by atoms with Crippen LogP contribution in [0.15, 0.2) is 73.1 Å². The first-order chi connectivity index (χ1) is 18.8. The Labute approximate surface area is 235 Å². The molecule has 1 saturated heterocycles. The molecule has 0 aromatic carbocycles. The highest BCUT2D eigenvalue weighted by atomic mass is 32.2. The van der Waals surface area contributed by atoms with Gasteiger partial charge in [0.05, 0.1) is 29.3 Å². The highest BCUT2D eigenvalue weighted by molar-refractivity contribution is 8.07. The molecule has 10 heteroatoms. The van der Waals surface area contributed by atoms with Crippen LogP contribution in [0.5, 0.6) is 0 Å². The first-order valence-electron chi connectivity index (χ1n) is 12.8. The van der Waals surface area contributed by atoms with Crippen molar-refractivity contribution in [2.75, 3.05) is 33.0 Å². The summed E-state index contributed by atoms with van der Waals surface area (Å²) in [4.78, 5) is 22.6. The number of amides is 1. The summed E-state index contributed by atoms with van der Waals surface area (Å²) in [5.74, 6) is 0.831. The molecule has 0 radical (unpaired) electrons. The van der Waals surface area contributed by atoms with Gasteiger partial charge in [-0.25, -0.2) is 14.5 Å². The molecule has 0 spiro atoms. The monoisotopic (exact) mass is 549 g/mol. The third kappa shape index (κ3) is 7.78. The quantitative estimate of drug-likeness (QED) is 0.188. The van der Waals surface area contributed by atoms with Crippen molar-refractivity contribution in [3.05, 3.63) is 79.3 Å². The second-order valence-corrected chi connectivity index (χ2v) is 10.4. The Balaban J connectivity index is 0.000000395. The number of nitrogens with two attached hydrogens (primary N) is 1. The van der Waals surface area contributed by atoms with E-state index in [1.165, 1.54) is 6.42 Å². The van der Waals surface area contributed by atoms with Gasteiger partial charge in [0.1, 0.15) is 5.84 Å². The summed E-state index contributed by atoms with van der Waals surface area (Å²) in [6.07, 6.45) is 17.4. The number of likely N-dealkylation sites (tertiary alicyclic amines) is 1. The molecule has 1 amide bonds. The molecule has 0 unspecified atom stereocenters. The summed E-state index contributed by atoms with van der Waals surface area (Å²) < 4.78 is 7.14. The molecule has 2 fully saturated rings. The van der Waals surface area contributed by atoms with Gasteiger partial charge in [0.2, 0.25) is 6.41 Å². The Kier molecular flexibility index (Phi) is 10.8. The third-order valence-electron chi connectivity index (χ3n) is 6.74. The summed E-state index contributed by atoms with van der Waals surface area (Å²) in [6, 6.07) is 1.94. The van der Waals surface area contributed by atoms with E-state index in [1.54, 1.807) is 35.7 Å². The van der Waals surface area contributed by atoms with Gasteiger partial charge in [0, 0.05) is 43.4 Å². The average molecular weight is 550 g/mol. The van der Waals surface area contributed by atoms with E-state index in [4.69, 9.17) is 20.4 Å². The van der Waals surface area contributed by atoms with Crippen molar-refractivity contribution in [2.24, 2.45) is 10.7 Å². The van der Waals surface area contributed by atoms with E-state index in [9.17, 15) is 4.79 Å². The number of amidine groups is 1. The van der Waals surface area contributed by atoms with E-state index in [0.29, 0.717) is 24.3 Å². The van der Waals surface area contributed by atoms with Crippen molar-refractivity contribution in [1.29, 1.82) is 0 Å². The standard InChI is InChI=1S/C23H27N5OS.C6H12N2O/c1-7-9-21(30-6)20-10-11-28-23(26-20)19(13-24-28)17(4)25-22(12-16(3)8-2)27-14-18(15-27)29-5;7-6(2-1-3-6)4-8-5-9/h7-13,18H,1-2,4,14-15H2,3,5-6H3;5H,1-4,7H2,(H,8,9)/b16-12-,21-9-,25-22?;. The van der Waals surface area contributed by atoms with Crippen LogP contribution in [0.1, 0.15) is 37.4 Å². The van der Waals surface area contributed by atoms with Crippen molar-refractivity contribution in [3.8, 4) is 0 Å². The Hall–Kier alpha value is -3.47. The molecule has 1 aliphatic carbocycles. The topological polar surface area (TPSA) is 110 Å². The highest BCUT2D eigenvalue weighted by Gasteiger charge is 2.31. The maximum atomic E-state index is 9.82. The second-order valence-electron chi connectivity index (χ2n) is 9.60. The van der Waals surface area contributed by atoms with E-state index in [2.05, 4.69) is 35.1 Å². The number of rotatable bonds is 11. The van der Waals surface area contributed by atoms with Gasteiger partial charge >= 0.3 is 0 Å². The lowest BCUT2D eigenvalue weighted by Crippen LogP contribution is -2.54. The largest absolute Gasteiger partial charge is 0.378 e. The van der Waals surface area contributed by atoms with Crippen LogP contribution in [0.4, 0.5) is 0 Å². The number of fused-ring (bicyclic) bond motifs is 1. The van der Waals surface area contributed by atoms with Gasteiger partial charge in [-0.1, -0.05) is 31.9 Å². The van der Waals surface area contributed by atoms with Crippen LogP contribution in [0.25, 0.3) is 16.2 Å². The lowest BCUT2D eigenvalue weighted by atomic mass is 9.78. The van der Waals surface area contributed by atoms with Gasteiger partial charge in [-0.3, -0.25) is 4.79 Å². The van der Waals surface area contributed by atoms with Gasteiger partial charge in [0.25, 0.3) is 0 Å². The van der Waals surface area contributed by atoms with E-state index in [-0.39, 0.29) is 11.6 Å². The van der Waals surface area contributed by atoms with E-state index < -0.39 is 0 Å². The Morgan fingerprint density at radius 3 is 2.69 bits per heavy atom. The number of hydrogen-bond acceptors (Lipinski definition) is 7. The summed E-state index contributed by atoms with van der Waals surface area (Å²) >= 11 is 1.62. The Morgan fingerprint density at radius 2 is 2.13 bits per heavy atom. The molecule has 9 nitrogen and oxygen atoms in total. The lowest BCUT2D eigenvalue weighted by Gasteiger charge is -2.39.